The van der Waals surface area contributed by atoms with Gasteiger partial charge in [-0.3, -0.25) is 29.2 Å². The lowest BCUT2D eigenvalue weighted by Gasteiger charge is -2.40. The minimum atomic E-state index is -1.37. The molecular weight excluding hydrogens is 422 g/mol. The van der Waals surface area contributed by atoms with Crippen LogP contribution < -0.4 is 21.1 Å². The van der Waals surface area contributed by atoms with E-state index < -0.39 is 29.6 Å². The van der Waals surface area contributed by atoms with E-state index in [1.807, 2.05) is 37.3 Å². The van der Waals surface area contributed by atoms with Gasteiger partial charge in [0.25, 0.3) is 5.56 Å². The van der Waals surface area contributed by atoms with Crippen LogP contribution in [0.25, 0.3) is 10.9 Å². The van der Waals surface area contributed by atoms with Gasteiger partial charge in [-0.1, -0.05) is 30.3 Å². The molecule has 0 aliphatic carbocycles. The number of rotatable bonds is 0. The van der Waals surface area contributed by atoms with E-state index in [4.69, 9.17) is 9.72 Å². The Morgan fingerprint density at radius 2 is 1.85 bits per heavy atom. The molecule has 9 nitrogen and oxygen atoms in total. The number of ether oxygens (including phenoxy) is 1. The number of amides is 2. The SMILES string of the molecule is C[C@H]1N[C@@H]2N(C1=O)c1ccccc1[C@]21C[C@H]2C(=O)N[C@@](C)(O1)c1nc3ccccc3c(=O)n12. The second-order valence-corrected chi connectivity index (χ2v) is 9.38. The summed E-state index contributed by atoms with van der Waals surface area (Å²) in [5, 5.41) is 6.81. The zero-order chi connectivity index (χ0) is 22.7. The van der Waals surface area contributed by atoms with Crippen LogP contribution >= 0.6 is 0 Å². The molecule has 1 spiro atoms. The van der Waals surface area contributed by atoms with E-state index in [1.165, 1.54) is 4.57 Å². The minimum Gasteiger partial charge on any atom is -0.334 e. The standard InChI is InChI=1S/C24H21N5O4/c1-12-19(31)28-16-10-6-4-8-14(16)24(22(28)25-12)11-17-18(30)27-23(2,33-24)21-26-15-9-5-3-7-13(15)20(32)29(17)21/h3-10,12,17,22,25H,11H2,1-2H3,(H,27,30)/t12-,17+,22-,23+,24-/m1/s1. The van der Waals surface area contributed by atoms with E-state index in [0.717, 1.165) is 11.3 Å². The lowest BCUT2D eigenvalue weighted by Crippen LogP contribution is -2.57. The molecule has 9 heteroatoms. The van der Waals surface area contributed by atoms with Crippen LogP contribution in [0.3, 0.4) is 0 Å². The first kappa shape index (κ1) is 19.0. The van der Waals surface area contributed by atoms with Crippen LogP contribution in [0, 0.1) is 0 Å². The molecule has 5 aliphatic heterocycles. The molecular formula is C24H21N5O4. The molecule has 0 unspecified atom stereocenters. The summed E-state index contributed by atoms with van der Waals surface area (Å²) in [6, 6.07) is 13.5. The summed E-state index contributed by atoms with van der Waals surface area (Å²) in [5.74, 6) is 0.0165. The Hall–Kier alpha value is -3.56. The van der Waals surface area contributed by atoms with Crippen LogP contribution in [-0.4, -0.2) is 33.6 Å². The maximum Gasteiger partial charge on any atom is 0.262 e. The summed E-state index contributed by atoms with van der Waals surface area (Å²) in [4.78, 5) is 46.5. The summed E-state index contributed by atoms with van der Waals surface area (Å²) < 4.78 is 8.35. The van der Waals surface area contributed by atoms with E-state index in [2.05, 4.69) is 10.6 Å². The van der Waals surface area contributed by atoms with Crippen LogP contribution in [-0.2, 0) is 25.7 Å². The van der Waals surface area contributed by atoms with Gasteiger partial charge in [-0.2, -0.15) is 0 Å². The summed E-state index contributed by atoms with van der Waals surface area (Å²) in [7, 11) is 0. The number of anilines is 1. The molecule has 0 saturated carbocycles. The number of benzene rings is 2. The van der Waals surface area contributed by atoms with Crippen molar-refractivity contribution in [3.8, 4) is 0 Å². The summed E-state index contributed by atoms with van der Waals surface area (Å²) in [5.41, 5.74) is -0.563. The van der Waals surface area contributed by atoms with Gasteiger partial charge in [-0.15, -0.1) is 0 Å². The van der Waals surface area contributed by atoms with Gasteiger partial charge < -0.3 is 10.1 Å². The second kappa shape index (κ2) is 5.86. The molecule has 8 rings (SSSR count). The van der Waals surface area contributed by atoms with Crippen LogP contribution in [0.1, 0.15) is 37.7 Å². The molecule has 0 radical (unpaired) electrons. The van der Waals surface area contributed by atoms with E-state index >= 15 is 0 Å². The van der Waals surface area contributed by atoms with Crippen molar-refractivity contribution in [1.82, 2.24) is 20.2 Å². The zero-order valence-corrected chi connectivity index (χ0v) is 18.0. The van der Waals surface area contributed by atoms with Gasteiger partial charge in [0.05, 0.1) is 22.6 Å². The molecule has 2 aromatic carbocycles. The van der Waals surface area contributed by atoms with E-state index in [0.29, 0.717) is 16.7 Å². The number of carbonyl (C=O) groups is 2. The number of nitrogens with one attached hydrogen (secondary N) is 2. The largest absolute Gasteiger partial charge is 0.334 e. The Morgan fingerprint density at radius 1 is 1.09 bits per heavy atom. The van der Waals surface area contributed by atoms with E-state index in [-0.39, 0.29) is 23.8 Å². The van der Waals surface area contributed by atoms with Crippen molar-refractivity contribution in [2.24, 2.45) is 0 Å². The van der Waals surface area contributed by atoms with E-state index in [1.54, 1.807) is 30.0 Å². The average Bonchev–Trinajstić information content (AvgIpc) is 3.13. The van der Waals surface area contributed by atoms with Gasteiger partial charge in [-0.25, -0.2) is 4.98 Å². The van der Waals surface area contributed by atoms with Gasteiger partial charge in [0.15, 0.2) is 11.5 Å². The first-order valence-electron chi connectivity index (χ1n) is 11.1. The Kier molecular flexibility index (Phi) is 3.37. The number of aromatic nitrogens is 2. The molecule has 1 aromatic heterocycles. The fourth-order valence-corrected chi connectivity index (χ4v) is 6.05. The van der Waals surface area contributed by atoms with Gasteiger partial charge in [0.1, 0.15) is 17.8 Å². The lowest BCUT2D eigenvalue weighted by molar-refractivity contribution is -0.180. The molecule has 5 atom stereocenters. The molecule has 2 saturated heterocycles. The molecule has 166 valence electrons. The van der Waals surface area contributed by atoms with Crippen molar-refractivity contribution < 1.29 is 14.3 Å². The third-order valence-corrected chi connectivity index (χ3v) is 7.43. The lowest BCUT2D eigenvalue weighted by atomic mass is 9.86. The van der Waals surface area contributed by atoms with Crippen molar-refractivity contribution in [1.29, 1.82) is 0 Å². The van der Waals surface area contributed by atoms with Crippen molar-refractivity contribution in [2.75, 3.05) is 4.90 Å². The fourth-order valence-electron chi connectivity index (χ4n) is 6.05. The van der Waals surface area contributed by atoms with Crippen molar-refractivity contribution in [3.63, 3.8) is 0 Å². The quantitative estimate of drug-likeness (QED) is 0.541. The maximum atomic E-state index is 13.6. The van der Waals surface area contributed by atoms with E-state index in [9.17, 15) is 14.4 Å². The van der Waals surface area contributed by atoms with Crippen LogP contribution in [0.4, 0.5) is 5.69 Å². The predicted molar refractivity (Wildman–Crippen MR) is 118 cm³/mol. The molecule has 3 aromatic rings. The van der Waals surface area contributed by atoms with Gasteiger partial charge in [0, 0.05) is 12.0 Å². The fraction of sp³-hybridized carbons (Fsp3) is 0.333. The molecule has 5 aliphatic rings. The zero-order valence-electron chi connectivity index (χ0n) is 18.0. The Morgan fingerprint density at radius 3 is 2.70 bits per heavy atom. The number of hydrogen-bond acceptors (Lipinski definition) is 6. The number of nitrogens with zero attached hydrogens (tertiary/aromatic N) is 3. The number of hydrogen-bond donors (Lipinski definition) is 2. The number of fused-ring (bicyclic) bond motifs is 5. The topological polar surface area (TPSA) is 106 Å². The van der Waals surface area contributed by atoms with Crippen LogP contribution in [0.5, 0.6) is 0 Å². The Balaban J connectivity index is 1.52. The highest BCUT2D eigenvalue weighted by atomic mass is 16.5. The molecule has 33 heavy (non-hydrogen) atoms. The van der Waals surface area contributed by atoms with Gasteiger partial charge in [0.2, 0.25) is 11.8 Å². The monoisotopic (exact) mass is 443 g/mol. The van der Waals surface area contributed by atoms with Crippen molar-refractivity contribution in [3.05, 3.63) is 70.3 Å². The number of carbonyl (C=O) groups excluding carboxylic acids is 2. The normalized spacial score (nSPS) is 33.8. The summed E-state index contributed by atoms with van der Waals surface area (Å²) >= 11 is 0. The second-order valence-electron chi connectivity index (χ2n) is 9.38. The highest BCUT2D eigenvalue weighted by Gasteiger charge is 2.65. The molecule has 6 heterocycles. The molecule has 2 amide bonds. The van der Waals surface area contributed by atoms with Gasteiger partial charge in [-0.05, 0) is 32.0 Å². The van der Waals surface area contributed by atoms with Crippen LogP contribution in [0.2, 0.25) is 0 Å². The smallest absolute Gasteiger partial charge is 0.262 e. The first-order valence-corrected chi connectivity index (χ1v) is 11.1. The highest BCUT2D eigenvalue weighted by Crippen LogP contribution is 2.56. The highest BCUT2D eigenvalue weighted by molar-refractivity contribution is 6.02. The third kappa shape index (κ3) is 2.14. The minimum absolute atomic E-state index is 0.0486. The molecule has 2 bridgehead atoms. The van der Waals surface area contributed by atoms with Crippen molar-refractivity contribution in [2.45, 2.75) is 49.8 Å². The Labute approximate surface area is 188 Å². The summed E-state index contributed by atoms with van der Waals surface area (Å²) in [6.07, 6.45) is -0.321. The molecule has 2 fully saturated rings. The summed E-state index contributed by atoms with van der Waals surface area (Å²) in [6.45, 7) is 3.55. The van der Waals surface area contributed by atoms with Crippen LogP contribution in [0.15, 0.2) is 53.3 Å². The third-order valence-electron chi connectivity index (χ3n) is 7.43. The maximum absolute atomic E-state index is 13.6. The van der Waals surface area contributed by atoms with Crippen molar-refractivity contribution >= 4 is 28.4 Å². The first-order chi connectivity index (χ1) is 15.8. The number of para-hydroxylation sites is 2. The average molecular weight is 443 g/mol. The Bertz CT molecular complexity index is 1470. The molecule has 2 N–H and O–H groups in total. The van der Waals surface area contributed by atoms with Gasteiger partial charge >= 0.3 is 0 Å². The predicted octanol–water partition coefficient (Wildman–Crippen LogP) is 1.22.